The number of benzene rings is 1. The maximum Gasteiger partial charge on any atom is 1.00 e. The zero-order chi connectivity index (χ0) is 21.7. The number of nitrogens with zero attached hydrogens (tertiary/aromatic N) is 1. The monoisotopic (exact) mass is 439 g/mol. The topological polar surface area (TPSA) is 119 Å². The molecule has 8 nitrogen and oxygen atoms in total. The molecular weight excluding hydrogens is 405 g/mol. The van der Waals surface area contributed by atoms with Gasteiger partial charge in [-0.15, -0.1) is 0 Å². The zero-order valence-electron chi connectivity index (χ0n) is 18.3. The largest absolute Gasteiger partial charge is 1.00 e. The van der Waals surface area contributed by atoms with Gasteiger partial charge in [0.25, 0.3) is 0 Å². The summed E-state index contributed by atoms with van der Waals surface area (Å²) in [7, 11) is -4.64. The second kappa shape index (κ2) is 16.1. The Hall–Kier alpha value is -0.633. The van der Waals surface area contributed by atoms with Crippen LogP contribution in [0.2, 0.25) is 0 Å². The molecule has 0 radical (unpaired) electrons. The summed E-state index contributed by atoms with van der Waals surface area (Å²) in [5.41, 5.74) is 0.401. The van der Waals surface area contributed by atoms with Crippen LogP contribution in [0.5, 0.6) is 0 Å². The molecular formula is C20H34LiNO7S. The summed E-state index contributed by atoms with van der Waals surface area (Å²) in [6, 6.07) is 4.50. The fraction of sp³-hybridized carbons (Fsp3) is 0.700. The molecule has 168 valence electrons. The van der Waals surface area contributed by atoms with Crippen LogP contribution < -0.4 is 23.8 Å². The Morgan fingerprint density at radius 3 is 1.90 bits per heavy atom. The first-order valence-corrected chi connectivity index (χ1v) is 11.5. The second-order valence-corrected chi connectivity index (χ2v) is 8.27. The first kappa shape index (κ1) is 29.4. The normalized spacial score (nSPS) is 13.5. The van der Waals surface area contributed by atoms with Crippen molar-refractivity contribution >= 4 is 15.8 Å². The van der Waals surface area contributed by atoms with Gasteiger partial charge in [-0.2, -0.15) is 0 Å². The number of ether oxygens (including phenoxy) is 2. The van der Waals surface area contributed by atoms with Gasteiger partial charge in [0, 0.05) is 18.9 Å². The predicted molar refractivity (Wildman–Crippen MR) is 110 cm³/mol. The summed E-state index contributed by atoms with van der Waals surface area (Å²) in [6.45, 7) is 5.00. The molecule has 30 heavy (non-hydrogen) atoms. The Morgan fingerprint density at radius 1 is 1.00 bits per heavy atom. The van der Waals surface area contributed by atoms with Gasteiger partial charge in [0.1, 0.15) is 10.1 Å². The molecule has 0 amide bonds. The number of hydrogen-bond donors (Lipinski definition) is 2. The van der Waals surface area contributed by atoms with Gasteiger partial charge in [-0.25, -0.2) is 8.42 Å². The van der Waals surface area contributed by atoms with Gasteiger partial charge in [0.2, 0.25) is 0 Å². The quantitative estimate of drug-likeness (QED) is 0.186. The van der Waals surface area contributed by atoms with Gasteiger partial charge < -0.3 is 29.1 Å². The third-order valence-corrected chi connectivity index (χ3v) is 5.35. The zero-order valence-corrected chi connectivity index (χ0v) is 19.1. The molecule has 0 aliphatic heterocycles. The summed E-state index contributed by atoms with van der Waals surface area (Å²) in [6.07, 6.45) is 3.71. The molecule has 0 aliphatic carbocycles. The van der Waals surface area contributed by atoms with Crippen LogP contribution in [0.25, 0.3) is 0 Å². The van der Waals surface area contributed by atoms with Crippen LogP contribution in [0.4, 0.5) is 5.69 Å². The Bertz CT molecular complexity index is 655. The molecule has 2 N–H and O–H groups in total. The van der Waals surface area contributed by atoms with Gasteiger partial charge in [-0.05, 0) is 31.0 Å². The van der Waals surface area contributed by atoms with Crippen molar-refractivity contribution < 1.29 is 51.5 Å². The van der Waals surface area contributed by atoms with E-state index in [1.807, 2.05) is 13.8 Å². The molecule has 0 heterocycles. The molecule has 0 aliphatic rings. The van der Waals surface area contributed by atoms with E-state index in [-0.39, 0.29) is 50.2 Å². The maximum absolute atomic E-state index is 11.5. The van der Waals surface area contributed by atoms with E-state index in [0.717, 1.165) is 25.7 Å². The molecule has 1 aromatic carbocycles. The minimum atomic E-state index is -4.64. The average Bonchev–Trinajstić information content (AvgIpc) is 2.71. The number of unbranched alkanes of at least 4 members (excludes halogenated alkanes) is 2. The second-order valence-electron chi connectivity index (χ2n) is 6.89. The van der Waals surface area contributed by atoms with E-state index in [4.69, 9.17) is 9.47 Å². The number of rotatable bonds is 16. The van der Waals surface area contributed by atoms with Crippen LogP contribution >= 0.6 is 0 Å². The van der Waals surface area contributed by atoms with Crippen molar-refractivity contribution in [2.45, 2.75) is 56.5 Å². The molecule has 1 rings (SSSR count). The number of hydrogen-bond acceptors (Lipinski definition) is 8. The molecule has 10 heteroatoms. The van der Waals surface area contributed by atoms with Gasteiger partial charge >= 0.3 is 18.9 Å². The Kier molecular flexibility index (Phi) is 15.7. The number of aliphatic hydroxyl groups excluding tert-OH is 2. The molecule has 0 saturated heterocycles. The molecule has 1 aromatic rings. The van der Waals surface area contributed by atoms with Crippen LogP contribution in [0, 0.1) is 0 Å². The van der Waals surface area contributed by atoms with Gasteiger partial charge in [0.15, 0.2) is 0 Å². The van der Waals surface area contributed by atoms with Crippen LogP contribution in [-0.4, -0.2) is 74.9 Å². The van der Waals surface area contributed by atoms with Crippen molar-refractivity contribution in [3.63, 3.8) is 0 Å². The fourth-order valence-electron chi connectivity index (χ4n) is 2.89. The van der Waals surface area contributed by atoms with Crippen molar-refractivity contribution in [2.24, 2.45) is 0 Å². The maximum atomic E-state index is 11.5. The minimum absolute atomic E-state index is 0. The smallest absolute Gasteiger partial charge is 0.744 e. The molecule has 0 saturated carbocycles. The van der Waals surface area contributed by atoms with Crippen molar-refractivity contribution in [1.29, 1.82) is 0 Å². The summed E-state index contributed by atoms with van der Waals surface area (Å²) < 4.78 is 45.7. The Morgan fingerprint density at radius 2 is 1.50 bits per heavy atom. The minimum Gasteiger partial charge on any atom is -0.744 e. The van der Waals surface area contributed by atoms with Crippen LogP contribution in [0.1, 0.15) is 39.5 Å². The van der Waals surface area contributed by atoms with Crippen LogP contribution in [0.15, 0.2) is 29.2 Å². The molecule has 0 aromatic heterocycles. The van der Waals surface area contributed by atoms with Crippen LogP contribution in [-0.2, 0) is 19.6 Å². The predicted octanol–water partition coefficient (Wildman–Crippen LogP) is -1.24. The van der Waals surface area contributed by atoms with Crippen molar-refractivity contribution in [3.05, 3.63) is 24.3 Å². The van der Waals surface area contributed by atoms with Crippen LogP contribution in [0.3, 0.4) is 0 Å². The molecule has 2 atom stereocenters. The Labute approximate surface area is 192 Å². The van der Waals surface area contributed by atoms with E-state index >= 15 is 0 Å². The first-order chi connectivity index (χ1) is 13.9. The van der Waals surface area contributed by atoms with E-state index in [2.05, 4.69) is 0 Å². The van der Waals surface area contributed by atoms with Crippen molar-refractivity contribution in [1.82, 2.24) is 0 Å². The molecule has 0 spiro atoms. The van der Waals surface area contributed by atoms with E-state index in [9.17, 15) is 23.2 Å². The summed E-state index contributed by atoms with van der Waals surface area (Å²) in [5, 5.41) is 19.9. The van der Waals surface area contributed by atoms with Gasteiger partial charge in [-0.3, -0.25) is 0 Å². The van der Waals surface area contributed by atoms with E-state index < -0.39 is 22.2 Å². The fourth-order valence-corrected chi connectivity index (χ4v) is 3.40. The van der Waals surface area contributed by atoms with Crippen molar-refractivity contribution in [3.8, 4) is 0 Å². The number of aliphatic hydroxyl groups is 2. The summed E-state index contributed by atoms with van der Waals surface area (Å²) in [5.74, 6) is 0. The van der Waals surface area contributed by atoms with Crippen molar-refractivity contribution in [2.75, 3.05) is 44.5 Å². The van der Waals surface area contributed by atoms with E-state index in [0.29, 0.717) is 18.9 Å². The van der Waals surface area contributed by atoms with Gasteiger partial charge in [0.05, 0.1) is 43.4 Å². The van der Waals surface area contributed by atoms with Gasteiger partial charge in [-0.1, -0.05) is 32.8 Å². The molecule has 0 fully saturated rings. The SMILES string of the molecule is CCCCOCC(CO)N(c1cccc(S(=O)(=O)[O-])c1)C(CO)COCCCC.[Li+]. The van der Waals surface area contributed by atoms with E-state index in [1.54, 1.807) is 11.0 Å². The standard InChI is InChI=1S/C20H35NO7S.Li/c1-3-5-10-27-15-18(13-22)21(19(14-23)16-28-11-6-4-2)17-8-7-9-20(12-17)29(24,25)26;/h7-9,12,18-19,22-23H,3-6,10-11,13-16H2,1-2H3,(H,24,25,26);/q;+1/p-1. The first-order valence-electron chi connectivity index (χ1n) is 10.1. The third-order valence-electron chi connectivity index (χ3n) is 4.52. The summed E-state index contributed by atoms with van der Waals surface area (Å²) in [4.78, 5) is 1.32. The molecule has 0 bridgehead atoms. The summed E-state index contributed by atoms with van der Waals surface area (Å²) >= 11 is 0. The average molecular weight is 440 g/mol. The molecule has 2 unspecified atom stereocenters. The van der Waals surface area contributed by atoms with E-state index in [1.165, 1.54) is 18.2 Å². The number of anilines is 1. The third kappa shape index (κ3) is 10.1. The Balaban J connectivity index is 0.00000841.